The van der Waals surface area contributed by atoms with Crippen LogP contribution in [0.5, 0.6) is 0 Å². The molecule has 3 aromatic carbocycles. The number of benzene rings is 3. The number of nitrogens with one attached hydrogen (secondary N) is 2. The number of hydrogen-bond donors (Lipinski definition) is 4. The molecule has 0 saturated carbocycles. The smallest absolute Gasteiger partial charge is 0.269 e. The number of nitrogen functional groups attached to an aromatic ring is 1. The van der Waals surface area contributed by atoms with E-state index in [1.165, 1.54) is 160 Å². The molecule has 404 valence electrons. The van der Waals surface area contributed by atoms with E-state index in [4.69, 9.17) is 11.5 Å². The van der Waals surface area contributed by atoms with Crippen LogP contribution in [0.2, 0.25) is 0 Å². The van der Waals surface area contributed by atoms with Crippen LogP contribution in [0, 0.1) is 46.8 Å². The number of rotatable bonds is 33. The van der Waals surface area contributed by atoms with Gasteiger partial charge in [-0.15, -0.1) is 24.8 Å². The predicted molar refractivity (Wildman–Crippen MR) is 304 cm³/mol. The summed E-state index contributed by atoms with van der Waals surface area (Å²) in [5.41, 5.74) is 16.8. The van der Waals surface area contributed by atoms with E-state index in [1.54, 1.807) is 18.2 Å². The van der Waals surface area contributed by atoms with E-state index in [9.17, 15) is 24.6 Å². The number of anilines is 3. The van der Waals surface area contributed by atoms with Crippen molar-refractivity contribution in [3.05, 3.63) is 97.3 Å². The summed E-state index contributed by atoms with van der Waals surface area (Å²) in [5, 5.41) is 27.8. The highest BCUT2D eigenvalue weighted by Crippen LogP contribution is 2.21. The Bertz CT molecular complexity index is 1710. The summed E-state index contributed by atoms with van der Waals surface area (Å²) in [5.74, 6) is -0.421. The Labute approximate surface area is 437 Å². The molecule has 70 heavy (non-hydrogen) atoms. The molecule has 3 rings (SSSR count). The van der Waals surface area contributed by atoms with Crippen molar-refractivity contribution in [3.63, 3.8) is 0 Å². The molecule has 16 heteroatoms. The van der Waals surface area contributed by atoms with E-state index < -0.39 is 10.7 Å². The maximum atomic E-state index is 12.5. The monoisotopic (exact) mass is 1030 g/mol. The number of nitro groups is 2. The summed E-state index contributed by atoms with van der Waals surface area (Å²) < 4.78 is 12.5. The Hall–Kier alpha value is -3.79. The van der Waals surface area contributed by atoms with Crippen molar-refractivity contribution in [1.82, 2.24) is 14.7 Å². The summed E-state index contributed by atoms with van der Waals surface area (Å²) >= 11 is 0. The highest BCUT2D eigenvalue weighted by Gasteiger charge is 2.10. The van der Waals surface area contributed by atoms with Gasteiger partial charge in [-0.2, -0.15) is 0 Å². The fraction of sp³-hybridized carbons (Fsp3) is 0.667. The zero-order valence-corrected chi connectivity index (χ0v) is 46.6. The van der Waals surface area contributed by atoms with Crippen LogP contribution in [0.1, 0.15) is 155 Å². The summed E-state index contributed by atoms with van der Waals surface area (Å²) in [7, 11) is 0. The third kappa shape index (κ3) is 35.3. The van der Waals surface area contributed by atoms with Crippen molar-refractivity contribution in [2.45, 2.75) is 159 Å². The molecule has 0 amide bonds. The van der Waals surface area contributed by atoms with Gasteiger partial charge in [0, 0.05) is 54.4 Å². The van der Waals surface area contributed by atoms with Gasteiger partial charge in [0.2, 0.25) is 0 Å². The average Bonchev–Trinajstić information content (AvgIpc) is 3.32. The molecule has 0 saturated heterocycles. The van der Waals surface area contributed by atoms with Crippen molar-refractivity contribution in [3.8, 4) is 0 Å². The molecule has 0 aliphatic heterocycles. The minimum atomic E-state index is -0.549. The largest absolute Gasteiger partial charge is 0.399 e. The lowest BCUT2D eigenvalue weighted by Gasteiger charge is -2.22. The first-order chi connectivity index (χ1) is 32.7. The molecular formula is C54H98Cl2FN9O4. The number of aryl methyl sites for hydroxylation is 3. The normalized spacial score (nSPS) is 10.5. The zero-order chi connectivity index (χ0) is 51.0. The molecule has 0 atom stereocenters. The lowest BCUT2D eigenvalue weighted by atomic mass is 10.1. The number of nitro benzene ring substituents is 2. The van der Waals surface area contributed by atoms with E-state index in [-0.39, 0.29) is 41.1 Å². The quantitative estimate of drug-likeness (QED) is 0.0198. The number of unbranched alkanes of at least 4 members (excludes halogenated alkanes) is 6. The van der Waals surface area contributed by atoms with Gasteiger partial charge in [-0.1, -0.05) is 80.1 Å². The second-order valence-corrected chi connectivity index (χ2v) is 17.9. The van der Waals surface area contributed by atoms with Crippen LogP contribution in [-0.2, 0) is 0 Å². The Morgan fingerprint density at radius 2 is 0.800 bits per heavy atom. The van der Waals surface area contributed by atoms with Crippen molar-refractivity contribution in [2.75, 3.05) is 94.9 Å². The molecule has 0 radical (unpaired) electrons. The maximum Gasteiger partial charge on any atom is 0.269 e. The van der Waals surface area contributed by atoms with Crippen LogP contribution >= 0.6 is 24.8 Å². The van der Waals surface area contributed by atoms with Crippen molar-refractivity contribution < 1.29 is 14.2 Å². The van der Waals surface area contributed by atoms with E-state index in [0.717, 1.165) is 68.1 Å². The molecule has 0 aliphatic rings. The average molecular weight is 1030 g/mol. The molecule has 0 aromatic heterocycles. The molecule has 0 aliphatic carbocycles. The van der Waals surface area contributed by atoms with Gasteiger partial charge >= 0.3 is 0 Å². The van der Waals surface area contributed by atoms with Gasteiger partial charge < -0.3 is 36.8 Å². The molecule has 0 unspecified atom stereocenters. The third-order valence-electron chi connectivity index (χ3n) is 11.6. The first kappa shape index (κ1) is 70.5. The Balaban J connectivity index is -0.000000881. The summed E-state index contributed by atoms with van der Waals surface area (Å²) in [4.78, 5) is 27.7. The molecule has 13 nitrogen and oxygen atoms in total. The molecule has 0 spiro atoms. The van der Waals surface area contributed by atoms with Crippen LogP contribution in [0.3, 0.4) is 0 Å². The highest BCUT2D eigenvalue weighted by atomic mass is 35.5. The maximum absolute atomic E-state index is 12.5. The fourth-order valence-electron chi connectivity index (χ4n) is 7.25. The highest BCUT2D eigenvalue weighted by molar-refractivity contribution is 5.85. The Kier molecular flexibility index (Phi) is 46.6. The molecule has 6 N–H and O–H groups in total. The number of nitrogens with two attached hydrogens (primary N) is 2. The summed E-state index contributed by atoms with van der Waals surface area (Å²) in [6.45, 7) is 32.6. The van der Waals surface area contributed by atoms with Crippen LogP contribution in [0.25, 0.3) is 0 Å². The Morgan fingerprint density at radius 3 is 1.11 bits per heavy atom. The van der Waals surface area contributed by atoms with Gasteiger partial charge in [0.25, 0.3) is 11.4 Å². The van der Waals surface area contributed by atoms with Gasteiger partial charge in [-0.3, -0.25) is 20.2 Å². The molecule has 0 heterocycles. The lowest BCUT2D eigenvalue weighted by molar-refractivity contribution is -0.385. The first-order valence-electron chi connectivity index (χ1n) is 26.1. The minimum absolute atomic E-state index is 0. The molecule has 0 bridgehead atoms. The first-order valence-corrected chi connectivity index (χ1v) is 26.1. The predicted octanol–water partition coefficient (Wildman–Crippen LogP) is 14.0. The van der Waals surface area contributed by atoms with Crippen molar-refractivity contribution in [1.29, 1.82) is 0 Å². The van der Waals surface area contributed by atoms with Crippen LogP contribution in [0.15, 0.2) is 54.6 Å². The fourth-order valence-corrected chi connectivity index (χ4v) is 7.25. The van der Waals surface area contributed by atoms with Gasteiger partial charge in [0.15, 0.2) is 0 Å². The van der Waals surface area contributed by atoms with Crippen molar-refractivity contribution >= 4 is 53.3 Å². The SMILES string of the molecule is CCCCN(CCCC)CCCN.CCCCN(CCCC)CCCNc1ccc(N)cc1C.CCCCN(CCCC)CCCNc1ccc([N+](=O)[O-])cc1C.Cc1cc([N+](=O)[O-])ccc1F.Cl.Cl. The minimum Gasteiger partial charge on any atom is -0.399 e. The second-order valence-electron chi connectivity index (χ2n) is 17.9. The van der Waals surface area contributed by atoms with Gasteiger partial charge in [0.05, 0.1) is 9.85 Å². The molecule has 3 aromatic rings. The van der Waals surface area contributed by atoms with Gasteiger partial charge in [0.1, 0.15) is 5.82 Å². The van der Waals surface area contributed by atoms with Gasteiger partial charge in [-0.05, 0) is 191 Å². The van der Waals surface area contributed by atoms with E-state index in [2.05, 4.69) is 79.9 Å². The number of hydrogen-bond acceptors (Lipinski definition) is 11. The van der Waals surface area contributed by atoms with E-state index >= 15 is 0 Å². The van der Waals surface area contributed by atoms with Crippen LogP contribution in [-0.4, -0.2) is 103 Å². The Morgan fingerprint density at radius 1 is 0.486 bits per heavy atom. The summed E-state index contributed by atoms with van der Waals surface area (Å²) in [6, 6.07) is 14.5. The van der Waals surface area contributed by atoms with Gasteiger partial charge in [-0.25, -0.2) is 4.39 Å². The number of nitrogens with zero attached hydrogens (tertiary/aromatic N) is 5. The number of non-ortho nitro benzene ring substituents is 2. The van der Waals surface area contributed by atoms with Crippen LogP contribution in [0.4, 0.5) is 32.8 Å². The van der Waals surface area contributed by atoms with Crippen LogP contribution < -0.4 is 22.1 Å². The number of halogens is 3. The molecule has 0 fully saturated rings. The molecular weight excluding hydrogens is 929 g/mol. The zero-order valence-electron chi connectivity index (χ0n) is 45.0. The van der Waals surface area contributed by atoms with E-state index in [1.807, 2.05) is 19.1 Å². The standard InChI is InChI=1S/C18H31N3O2.C18H33N3.C11H26N2.C7H6FNO2.2ClH/c1-4-6-12-20(13-7-5-2)14-8-11-19-18-10-9-17(21(22)23)15-16(18)3;1-4-6-12-21(13-7-5-2)14-8-11-20-18-10-9-17(19)15-16(18)3;1-3-5-9-13(10-6-4-2)11-7-8-12;1-5-4-6(9(10)11)2-3-7(5)8;;/h9-10,15,19H,4-8,11-14H2,1-3H3;9-10,15,20H,4-8,11-14,19H2,1-3H3;3-12H2,1-2H3;2-4H,1H3;2*1H. The van der Waals surface area contributed by atoms with Crippen molar-refractivity contribution in [2.24, 2.45) is 5.73 Å². The lowest BCUT2D eigenvalue weighted by Crippen LogP contribution is -2.28. The topological polar surface area (TPSA) is 172 Å². The third-order valence-corrected chi connectivity index (χ3v) is 11.6. The van der Waals surface area contributed by atoms with E-state index in [0.29, 0.717) is 5.56 Å². The summed E-state index contributed by atoms with van der Waals surface area (Å²) in [6.07, 6.45) is 18.9. The second kappa shape index (κ2) is 46.3.